The Kier molecular flexibility index (Phi) is 5.01. The predicted molar refractivity (Wildman–Crippen MR) is 95.7 cm³/mol. The molecule has 3 aromatic heterocycles. The van der Waals surface area contributed by atoms with Crippen LogP contribution in [0.5, 0.6) is 0 Å². The van der Waals surface area contributed by atoms with E-state index in [4.69, 9.17) is 4.52 Å². The molecule has 0 fully saturated rings. The van der Waals surface area contributed by atoms with Crippen molar-refractivity contribution in [3.05, 3.63) is 40.9 Å². The fraction of sp³-hybridized carbons (Fsp3) is 0.500. The lowest BCUT2D eigenvalue weighted by atomic mass is 10.1. The molecule has 0 atom stereocenters. The molecular formula is C18H24N6O2. The van der Waals surface area contributed by atoms with Gasteiger partial charge in [0, 0.05) is 24.7 Å². The Balaban J connectivity index is 1.81. The van der Waals surface area contributed by atoms with Gasteiger partial charge in [-0.2, -0.15) is 10.1 Å². The van der Waals surface area contributed by atoms with Gasteiger partial charge in [-0.1, -0.05) is 19.0 Å². The van der Waals surface area contributed by atoms with Gasteiger partial charge in [-0.3, -0.25) is 4.79 Å². The van der Waals surface area contributed by atoms with Gasteiger partial charge < -0.3 is 9.42 Å². The molecular weight excluding hydrogens is 332 g/mol. The monoisotopic (exact) mass is 356 g/mol. The van der Waals surface area contributed by atoms with Crippen LogP contribution in [0, 0.1) is 19.8 Å². The second-order valence-electron chi connectivity index (χ2n) is 6.86. The number of hydrogen-bond acceptors (Lipinski definition) is 6. The van der Waals surface area contributed by atoms with E-state index < -0.39 is 0 Å². The van der Waals surface area contributed by atoms with E-state index in [0.717, 1.165) is 17.8 Å². The minimum Gasteiger partial charge on any atom is -0.339 e. The van der Waals surface area contributed by atoms with Gasteiger partial charge in [-0.25, -0.2) is 9.50 Å². The van der Waals surface area contributed by atoms with Gasteiger partial charge >= 0.3 is 0 Å². The van der Waals surface area contributed by atoms with Crippen LogP contribution in [-0.4, -0.2) is 42.1 Å². The highest BCUT2D eigenvalue weighted by Crippen LogP contribution is 2.13. The largest absolute Gasteiger partial charge is 0.339 e. The average Bonchev–Trinajstić information content (AvgIpc) is 3.17. The molecule has 0 aliphatic heterocycles. The number of aromatic nitrogens is 5. The van der Waals surface area contributed by atoms with Gasteiger partial charge in [0.2, 0.25) is 5.89 Å². The summed E-state index contributed by atoms with van der Waals surface area (Å²) in [6.07, 6.45) is 0.727. The third kappa shape index (κ3) is 3.74. The van der Waals surface area contributed by atoms with Crippen molar-refractivity contribution in [2.45, 2.75) is 47.6 Å². The van der Waals surface area contributed by atoms with Crippen LogP contribution in [0.2, 0.25) is 0 Å². The molecule has 26 heavy (non-hydrogen) atoms. The molecule has 138 valence electrons. The average molecular weight is 356 g/mol. The molecule has 0 saturated heterocycles. The number of fused-ring (bicyclic) bond motifs is 1. The van der Waals surface area contributed by atoms with Crippen molar-refractivity contribution in [1.29, 1.82) is 0 Å². The highest BCUT2D eigenvalue weighted by molar-refractivity contribution is 5.92. The Bertz CT molecular complexity index is 927. The lowest BCUT2D eigenvalue weighted by molar-refractivity contribution is 0.0741. The zero-order valence-corrected chi connectivity index (χ0v) is 15.9. The predicted octanol–water partition coefficient (Wildman–Crippen LogP) is 2.59. The summed E-state index contributed by atoms with van der Waals surface area (Å²) in [4.78, 5) is 23.4. The summed E-state index contributed by atoms with van der Waals surface area (Å²) < 4.78 is 7.00. The van der Waals surface area contributed by atoms with Crippen molar-refractivity contribution in [1.82, 2.24) is 29.6 Å². The summed E-state index contributed by atoms with van der Waals surface area (Å²) in [5, 5.41) is 8.36. The maximum Gasteiger partial charge on any atom is 0.273 e. The molecule has 0 saturated carbocycles. The summed E-state index contributed by atoms with van der Waals surface area (Å²) in [5.74, 6) is 1.38. The molecule has 0 bridgehead atoms. The van der Waals surface area contributed by atoms with E-state index in [1.54, 1.807) is 15.5 Å². The molecule has 0 aliphatic rings. The number of hydrogen-bond donors (Lipinski definition) is 0. The number of carbonyl (C=O) groups excluding carboxylic acids is 1. The molecule has 8 heteroatoms. The van der Waals surface area contributed by atoms with E-state index in [1.165, 1.54) is 0 Å². The Morgan fingerprint density at radius 1 is 1.27 bits per heavy atom. The molecule has 0 spiro atoms. The second-order valence-corrected chi connectivity index (χ2v) is 6.86. The van der Waals surface area contributed by atoms with E-state index in [1.807, 2.05) is 26.8 Å². The smallest absolute Gasteiger partial charge is 0.273 e. The molecule has 0 aliphatic carbocycles. The van der Waals surface area contributed by atoms with E-state index in [2.05, 4.69) is 34.1 Å². The van der Waals surface area contributed by atoms with E-state index >= 15 is 0 Å². The standard InChI is InChI=1S/C18H24N6O2/c1-6-23(10-15-20-17(26-22-15)7-11(2)3)18(25)14-9-13(5)24-16(19-14)8-12(4)21-24/h8-9,11H,6-7,10H2,1-5H3. The first-order valence-electron chi connectivity index (χ1n) is 8.82. The zero-order chi connectivity index (χ0) is 18.8. The minimum absolute atomic E-state index is 0.160. The summed E-state index contributed by atoms with van der Waals surface area (Å²) in [6.45, 7) is 10.7. The molecule has 0 unspecified atom stereocenters. The number of amides is 1. The van der Waals surface area contributed by atoms with Crippen molar-refractivity contribution < 1.29 is 9.32 Å². The summed E-state index contributed by atoms with van der Waals surface area (Å²) in [5.41, 5.74) is 2.78. The van der Waals surface area contributed by atoms with Gasteiger partial charge in [0.1, 0.15) is 5.69 Å². The van der Waals surface area contributed by atoms with Gasteiger partial charge in [0.25, 0.3) is 5.91 Å². The molecule has 0 N–H and O–H groups in total. The third-order valence-corrected chi connectivity index (χ3v) is 4.04. The van der Waals surface area contributed by atoms with Gasteiger partial charge in [-0.05, 0) is 32.8 Å². The van der Waals surface area contributed by atoms with Crippen LogP contribution < -0.4 is 0 Å². The molecule has 3 heterocycles. The number of aryl methyl sites for hydroxylation is 2. The summed E-state index contributed by atoms with van der Waals surface area (Å²) in [6, 6.07) is 3.61. The molecule has 0 radical (unpaired) electrons. The number of nitrogens with zero attached hydrogens (tertiary/aromatic N) is 6. The fourth-order valence-corrected chi connectivity index (χ4v) is 2.80. The van der Waals surface area contributed by atoms with Gasteiger partial charge in [-0.15, -0.1) is 0 Å². The molecule has 3 aromatic rings. The quantitative estimate of drug-likeness (QED) is 0.674. The third-order valence-electron chi connectivity index (χ3n) is 4.04. The van der Waals surface area contributed by atoms with Gasteiger partial charge in [0.05, 0.1) is 12.2 Å². The Hall–Kier alpha value is -2.77. The second kappa shape index (κ2) is 7.23. The van der Waals surface area contributed by atoms with Gasteiger partial charge in [0.15, 0.2) is 11.5 Å². The van der Waals surface area contributed by atoms with Crippen LogP contribution >= 0.6 is 0 Å². The minimum atomic E-state index is -0.160. The first kappa shape index (κ1) is 18.0. The summed E-state index contributed by atoms with van der Waals surface area (Å²) in [7, 11) is 0. The zero-order valence-electron chi connectivity index (χ0n) is 15.9. The van der Waals surface area contributed by atoms with Crippen molar-refractivity contribution in [3.63, 3.8) is 0 Å². The van der Waals surface area contributed by atoms with Crippen molar-refractivity contribution >= 4 is 11.6 Å². The Morgan fingerprint density at radius 2 is 2.04 bits per heavy atom. The van der Waals surface area contributed by atoms with E-state index in [0.29, 0.717) is 42.1 Å². The first-order valence-corrected chi connectivity index (χ1v) is 8.82. The maximum atomic E-state index is 12.9. The molecule has 1 amide bonds. The SMILES string of the molecule is CCN(Cc1noc(CC(C)C)n1)C(=O)c1cc(C)n2nc(C)cc2n1. The van der Waals surface area contributed by atoms with Crippen LogP contribution in [0.3, 0.4) is 0 Å². The highest BCUT2D eigenvalue weighted by atomic mass is 16.5. The molecule has 3 rings (SSSR count). The highest BCUT2D eigenvalue weighted by Gasteiger charge is 2.20. The van der Waals surface area contributed by atoms with Crippen LogP contribution in [0.1, 0.15) is 54.4 Å². The van der Waals surface area contributed by atoms with Crippen LogP contribution in [0.15, 0.2) is 16.7 Å². The number of carbonyl (C=O) groups is 1. The topological polar surface area (TPSA) is 89.4 Å². The lowest BCUT2D eigenvalue weighted by Gasteiger charge is -2.18. The van der Waals surface area contributed by atoms with Crippen molar-refractivity contribution in [2.24, 2.45) is 5.92 Å². The van der Waals surface area contributed by atoms with E-state index in [-0.39, 0.29) is 5.91 Å². The lowest BCUT2D eigenvalue weighted by Crippen LogP contribution is -2.31. The maximum absolute atomic E-state index is 12.9. The van der Waals surface area contributed by atoms with Crippen LogP contribution in [-0.2, 0) is 13.0 Å². The van der Waals surface area contributed by atoms with Crippen molar-refractivity contribution in [2.75, 3.05) is 6.54 Å². The van der Waals surface area contributed by atoms with Crippen LogP contribution in [0.4, 0.5) is 0 Å². The normalized spacial score (nSPS) is 11.5. The van der Waals surface area contributed by atoms with E-state index in [9.17, 15) is 4.79 Å². The first-order chi connectivity index (χ1) is 12.4. The fourth-order valence-electron chi connectivity index (χ4n) is 2.80. The number of rotatable bonds is 6. The Labute approximate surface area is 152 Å². The molecule has 0 aromatic carbocycles. The molecule has 8 nitrogen and oxygen atoms in total. The van der Waals surface area contributed by atoms with Crippen molar-refractivity contribution in [3.8, 4) is 0 Å². The van der Waals surface area contributed by atoms with Crippen LogP contribution in [0.25, 0.3) is 5.65 Å². The summed E-state index contributed by atoms with van der Waals surface area (Å²) >= 11 is 0. The Morgan fingerprint density at radius 3 is 2.73 bits per heavy atom.